The molecule has 1 amide bonds. The summed E-state index contributed by atoms with van der Waals surface area (Å²) < 4.78 is 25.0. The third-order valence-corrected chi connectivity index (χ3v) is 9.71. The topological polar surface area (TPSA) is 86.3 Å². The smallest absolute Gasteiger partial charge is 0.412 e. The van der Waals surface area contributed by atoms with Crippen LogP contribution in [0.25, 0.3) is 0 Å². The molecule has 2 aliphatic heterocycles. The minimum atomic E-state index is -1.41. The van der Waals surface area contributed by atoms with Crippen LogP contribution in [0, 0.1) is 0 Å². The summed E-state index contributed by atoms with van der Waals surface area (Å²) in [5.74, 6) is -0.404. The number of nitrogens with zero attached hydrogens (tertiary/aromatic N) is 1. The Kier molecular flexibility index (Phi) is 10.1. The highest BCUT2D eigenvalue weighted by molar-refractivity contribution is 6.76. The van der Waals surface area contributed by atoms with E-state index in [0.717, 1.165) is 17.2 Å². The number of rotatable bonds is 10. The minimum Gasteiger partial charge on any atom is -0.459 e. The molecule has 2 unspecified atom stereocenters. The molecule has 2 fully saturated rings. The van der Waals surface area contributed by atoms with Gasteiger partial charge in [-0.3, -0.25) is 10.2 Å². The molecule has 2 aromatic rings. The van der Waals surface area contributed by atoms with Gasteiger partial charge in [0.15, 0.2) is 0 Å². The Balaban J connectivity index is 1.68. The monoisotopic (exact) mass is 610 g/mol. The molecular formula is C34H50N2O6Si. The van der Waals surface area contributed by atoms with Crippen LogP contribution in [0.3, 0.4) is 0 Å². The molecule has 2 aromatic carbocycles. The fourth-order valence-corrected chi connectivity index (χ4v) is 6.61. The average molecular weight is 611 g/mol. The lowest BCUT2D eigenvalue weighted by Crippen LogP contribution is -2.63. The Hall–Kier alpha value is -2.72. The van der Waals surface area contributed by atoms with Crippen molar-refractivity contribution in [3.8, 4) is 0 Å². The maximum absolute atomic E-state index is 14.2. The van der Waals surface area contributed by atoms with Crippen molar-refractivity contribution in [2.24, 2.45) is 0 Å². The molecule has 0 aromatic heterocycles. The van der Waals surface area contributed by atoms with Crippen molar-refractivity contribution in [1.29, 1.82) is 0 Å². The molecule has 236 valence electrons. The molecule has 0 saturated carbocycles. The molecule has 2 heterocycles. The van der Waals surface area contributed by atoms with Crippen molar-refractivity contribution in [2.75, 3.05) is 13.2 Å². The van der Waals surface area contributed by atoms with E-state index in [2.05, 4.69) is 25.0 Å². The number of ether oxygens (including phenoxy) is 4. The number of carbonyl (C=O) groups excluding carboxylic acids is 2. The largest absolute Gasteiger partial charge is 0.459 e. The lowest BCUT2D eigenvalue weighted by atomic mass is 9.83. The van der Waals surface area contributed by atoms with Crippen LogP contribution in [0.5, 0.6) is 0 Å². The molecule has 4 atom stereocenters. The molecule has 0 spiro atoms. The lowest BCUT2D eigenvalue weighted by Gasteiger charge is -2.38. The first-order valence-electron chi connectivity index (χ1n) is 15.4. The Morgan fingerprint density at radius 2 is 1.60 bits per heavy atom. The van der Waals surface area contributed by atoms with Gasteiger partial charge in [-0.05, 0) is 58.2 Å². The summed E-state index contributed by atoms with van der Waals surface area (Å²) in [5.41, 5.74) is -0.885. The molecule has 43 heavy (non-hydrogen) atoms. The predicted octanol–water partition coefficient (Wildman–Crippen LogP) is 6.17. The number of carbonyl (C=O) groups is 2. The number of hydrogen-bond acceptors (Lipinski definition) is 7. The first kappa shape index (κ1) is 33.2. The molecule has 1 N–H and O–H groups in total. The number of amides is 1. The van der Waals surface area contributed by atoms with Gasteiger partial charge >= 0.3 is 12.1 Å². The van der Waals surface area contributed by atoms with Gasteiger partial charge in [-0.2, -0.15) is 0 Å². The summed E-state index contributed by atoms with van der Waals surface area (Å²) >= 11 is 0. The second-order valence-corrected chi connectivity index (χ2v) is 20.1. The van der Waals surface area contributed by atoms with E-state index in [1.165, 1.54) is 0 Å². The Bertz CT molecular complexity index is 1230. The fraction of sp³-hybridized carbons (Fsp3) is 0.588. The first-order chi connectivity index (χ1) is 20.1. The van der Waals surface area contributed by atoms with E-state index in [9.17, 15) is 9.59 Å². The number of benzene rings is 2. The van der Waals surface area contributed by atoms with Crippen LogP contribution in [0.2, 0.25) is 25.7 Å². The molecule has 0 radical (unpaired) electrons. The zero-order chi connectivity index (χ0) is 31.5. The number of nitrogens with one attached hydrogen (secondary N) is 1. The highest BCUT2D eigenvalue weighted by atomic mass is 28.3. The van der Waals surface area contributed by atoms with E-state index in [4.69, 9.17) is 18.9 Å². The van der Waals surface area contributed by atoms with Crippen molar-refractivity contribution in [3.63, 3.8) is 0 Å². The first-order valence-corrected chi connectivity index (χ1v) is 19.1. The van der Waals surface area contributed by atoms with Crippen LogP contribution in [-0.4, -0.2) is 73.3 Å². The van der Waals surface area contributed by atoms with E-state index >= 15 is 0 Å². The molecule has 0 aliphatic carbocycles. The quantitative estimate of drug-likeness (QED) is 0.254. The van der Waals surface area contributed by atoms with Crippen LogP contribution >= 0.6 is 0 Å². The maximum atomic E-state index is 14.2. The second kappa shape index (κ2) is 13.1. The van der Waals surface area contributed by atoms with Gasteiger partial charge in [-0.1, -0.05) is 80.3 Å². The van der Waals surface area contributed by atoms with Gasteiger partial charge in [-0.25, -0.2) is 9.59 Å². The maximum Gasteiger partial charge on any atom is 0.412 e. The molecule has 9 heteroatoms. The van der Waals surface area contributed by atoms with E-state index in [1.54, 1.807) is 4.90 Å². The predicted molar refractivity (Wildman–Crippen MR) is 170 cm³/mol. The van der Waals surface area contributed by atoms with Crippen molar-refractivity contribution in [3.05, 3.63) is 71.8 Å². The number of esters is 1. The van der Waals surface area contributed by atoms with Gasteiger partial charge in [0.05, 0.1) is 25.4 Å². The van der Waals surface area contributed by atoms with Gasteiger partial charge < -0.3 is 18.9 Å². The average Bonchev–Trinajstić information content (AvgIpc) is 3.46. The Labute approximate surface area is 258 Å². The van der Waals surface area contributed by atoms with Gasteiger partial charge in [0.25, 0.3) is 0 Å². The highest BCUT2D eigenvalue weighted by Crippen LogP contribution is 2.43. The fourth-order valence-electron chi connectivity index (χ4n) is 5.90. The van der Waals surface area contributed by atoms with Crippen molar-refractivity contribution in [2.45, 2.75) is 115 Å². The van der Waals surface area contributed by atoms with Crippen LogP contribution in [0.1, 0.15) is 52.2 Å². The van der Waals surface area contributed by atoms with E-state index in [-0.39, 0.29) is 6.10 Å². The molecular weight excluding hydrogens is 560 g/mol. The van der Waals surface area contributed by atoms with Gasteiger partial charge in [0.2, 0.25) is 0 Å². The second-order valence-electron chi connectivity index (χ2n) is 14.5. The number of hydrogen-bond donors (Lipinski definition) is 1. The summed E-state index contributed by atoms with van der Waals surface area (Å²) in [6.45, 7) is 17.3. The normalized spacial score (nSPS) is 25.5. The van der Waals surface area contributed by atoms with E-state index in [1.807, 2.05) is 95.3 Å². The lowest BCUT2D eigenvalue weighted by molar-refractivity contribution is -0.173. The summed E-state index contributed by atoms with van der Waals surface area (Å²) in [7, 11) is -1.41. The van der Waals surface area contributed by atoms with Crippen molar-refractivity contribution < 1.29 is 28.5 Å². The molecule has 2 aliphatic rings. The summed E-state index contributed by atoms with van der Waals surface area (Å²) in [6.07, 6.45) is -0.568. The zero-order valence-electron chi connectivity index (χ0n) is 27.1. The van der Waals surface area contributed by atoms with Gasteiger partial charge in [0.1, 0.15) is 23.0 Å². The van der Waals surface area contributed by atoms with E-state index < -0.39 is 49.1 Å². The summed E-state index contributed by atoms with van der Waals surface area (Å²) in [6, 6.07) is 20.3. The van der Waals surface area contributed by atoms with Gasteiger partial charge in [-0.15, -0.1) is 0 Å². The SMILES string of the molecule is CC(C)(C)OC(=O)[C@]1(C2OC(C)(C)N(C(=O)OCC[Si](C)(C)C)C2Cc2ccccc2)C[C@@H](OCc2ccccc2)CN1. The molecule has 2 saturated heterocycles. The van der Waals surface area contributed by atoms with Crippen LogP contribution < -0.4 is 5.32 Å². The Morgan fingerprint density at radius 3 is 2.19 bits per heavy atom. The molecule has 8 nitrogen and oxygen atoms in total. The summed E-state index contributed by atoms with van der Waals surface area (Å²) in [5, 5.41) is 3.50. The third-order valence-electron chi connectivity index (χ3n) is 8.01. The standard InChI is InChI=1S/C34H50N2O6Si/c1-32(2,3)42-30(37)34(22-27(23-35-34)40-24-26-17-13-10-14-18-26)29-28(21-25-15-11-9-12-16-25)36(33(4,5)41-29)31(38)39-19-20-43(6,7)8/h9-18,27-29,35H,19-24H2,1-8H3/t27-,28?,29?,34-/m1/s1. The third kappa shape index (κ3) is 8.47. The van der Waals surface area contributed by atoms with Crippen molar-refractivity contribution in [1.82, 2.24) is 10.2 Å². The summed E-state index contributed by atoms with van der Waals surface area (Å²) in [4.78, 5) is 29.7. The minimum absolute atomic E-state index is 0.255. The van der Waals surface area contributed by atoms with E-state index in [0.29, 0.717) is 32.6 Å². The Morgan fingerprint density at radius 1 is 1.00 bits per heavy atom. The molecule has 0 bridgehead atoms. The van der Waals surface area contributed by atoms with Crippen LogP contribution in [0.15, 0.2) is 60.7 Å². The van der Waals surface area contributed by atoms with Gasteiger partial charge in [0, 0.05) is 21.0 Å². The zero-order valence-corrected chi connectivity index (χ0v) is 28.1. The highest BCUT2D eigenvalue weighted by Gasteiger charge is 2.64. The van der Waals surface area contributed by atoms with Crippen LogP contribution in [0.4, 0.5) is 4.79 Å². The van der Waals surface area contributed by atoms with Crippen LogP contribution in [-0.2, 0) is 36.8 Å². The van der Waals surface area contributed by atoms with Crippen molar-refractivity contribution >= 4 is 20.1 Å². The molecule has 4 rings (SSSR count).